The van der Waals surface area contributed by atoms with Gasteiger partial charge in [0.15, 0.2) is 5.96 Å². The molecule has 0 aliphatic carbocycles. The number of benzene rings is 1. The molecule has 1 heterocycles. The van der Waals surface area contributed by atoms with Crippen molar-refractivity contribution in [1.29, 1.82) is 0 Å². The van der Waals surface area contributed by atoms with E-state index in [1.54, 1.807) is 13.2 Å². The van der Waals surface area contributed by atoms with Crippen molar-refractivity contribution in [2.24, 2.45) is 4.99 Å². The summed E-state index contributed by atoms with van der Waals surface area (Å²) in [7, 11) is 1.78. The molecular weight excluding hydrogens is 477 g/mol. The molecule has 0 bridgehead atoms. The number of hydrogen-bond acceptors (Lipinski definition) is 4. The fourth-order valence-electron chi connectivity index (χ4n) is 3.11. The molecule has 0 saturated carbocycles. The van der Waals surface area contributed by atoms with E-state index in [4.69, 9.17) is 4.42 Å². The summed E-state index contributed by atoms with van der Waals surface area (Å²) in [6.45, 7) is 14.0. The van der Waals surface area contributed by atoms with E-state index in [1.807, 2.05) is 0 Å². The molecular formula is C22H36IN5O. The SMILES string of the molecule is CCN(CC)C(CNC(=NC)NCc1ncc(C(C)(C)C)o1)c1ccccc1.I. The van der Waals surface area contributed by atoms with Crippen LogP contribution in [-0.2, 0) is 12.0 Å². The lowest BCUT2D eigenvalue weighted by molar-refractivity contribution is 0.219. The third-order valence-electron chi connectivity index (χ3n) is 4.82. The highest BCUT2D eigenvalue weighted by Crippen LogP contribution is 2.22. The average Bonchev–Trinajstić information content (AvgIpc) is 3.17. The highest BCUT2D eigenvalue weighted by Gasteiger charge is 2.20. The Hall–Kier alpha value is -1.61. The average molecular weight is 513 g/mol. The summed E-state index contributed by atoms with van der Waals surface area (Å²) in [5.41, 5.74) is 1.26. The van der Waals surface area contributed by atoms with E-state index in [0.29, 0.717) is 12.4 Å². The van der Waals surface area contributed by atoms with Crippen molar-refractivity contribution in [3.63, 3.8) is 0 Å². The topological polar surface area (TPSA) is 65.7 Å². The van der Waals surface area contributed by atoms with E-state index in [2.05, 4.69) is 90.5 Å². The molecule has 0 saturated heterocycles. The van der Waals surface area contributed by atoms with Crippen LogP contribution in [0.25, 0.3) is 0 Å². The second kappa shape index (κ2) is 12.2. The zero-order chi connectivity index (χ0) is 20.6. The minimum absolute atomic E-state index is 0. The molecule has 7 heteroatoms. The number of nitrogens with zero attached hydrogens (tertiary/aromatic N) is 3. The van der Waals surface area contributed by atoms with Gasteiger partial charge < -0.3 is 15.1 Å². The van der Waals surface area contributed by atoms with Gasteiger partial charge in [0.2, 0.25) is 5.89 Å². The Labute approximate surface area is 192 Å². The van der Waals surface area contributed by atoms with E-state index in [1.165, 1.54) is 5.56 Å². The highest BCUT2D eigenvalue weighted by molar-refractivity contribution is 14.0. The quantitative estimate of drug-likeness (QED) is 0.313. The fourth-order valence-corrected chi connectivity index (χ4v) is 3.11. The van der Waals surface area contributed by atoms with Crippen LogP contribution < -0.4 is 10.6 Å². The predicted octanol–water partition coefficient (Wildman–Crippen LogP) is 4.34. The summed E-state index contributed by atoms with van der Waals surface area (Å²) in [5, 5.41) is 6.75. The molecule has 0 aliphatic rings. The minimum atomic E-state index is -0.0438. The number of oxazole rings is 1. The smallest absolute Gasteiger partial charge is 0.213 e. The molecule has 0 spiro atoms. The van der Waals surface area contributed by atoms with Crippen LogP contribution in [0.3, 0.4) is 0 Å². The molecule has 1 aromatic carbocycles. The zero-order valence-electron chi connectivity index (χ0n) is 18.5. The van der Waals surface area contributed by atoms with Crippen molar-refractivity contribution >= 4 is 29.9 Å². The Kier molecular flexibility index (Phi) is 10.7. The van der Waals surface area contributed by atoms with Gasteiger partial charge in [0.05, 0.1) is 18.8 Å². The van der Waals surface area contributed by atoms with E-state index in [9.17, 15) is 0 Å². The summed E-state index contributed by atoms with van der Waals surface area (Å²) in [4.78, 5) is 11.2. The summed E-state index contributed by atoms with van der Waals surface area (Å²) < 4.78 is 5.85. The molecule has 2 rings (SSSR count). The van der Waals surface area contributed by atoms with Crippen LogP contribution in [0.5, 0.6) is 0 Å². The van der Waals surface area contributed by atoms with Crippen molar-refractivity contribution in [3.8, 4) is 0 Å². The lowest BCUT2D eigenvalue weighted by Crippen LogP contribution is -2.43. The lowest BCUT2D eigenvalue weighted by atomic mass is 9.94. The number of halogens is 1. The first-order valence-corrected chi connectivity index (χ1v) is 10.1. The van der Waals surface area contributed by atoms with Crippen molar-refractivity contribution in [3.05, 3.63) is 53.7 Å². The normalized spacial score (nSPS) is 13.1. The van der Waals surface area contributed by atoms with Crippen LogP contribution in [0.2, 0.25) is 0 Å². The van der Waals surface area contributed by atoms with Gasteiger partial charge >= 0.3 is 0 Å². The highest BCUT2D eigenvalue weighted by atomic mass is 127. The zero-order valence-corrected chi connectivity index (χ0v) is 20.9. The molecule has 1 aromatic heterocycles. The number of rotatable bonds is 8. The molecule has 0 fully saturated rings. The van der Waals surface area contributed by atoms with Gasteiger partial charge in [-0.3, -0.25) is 9.89 Å². The number of aromatic nitrogens is 1. The molecule has 0 aliphatic heterocycles. The van der Waals surface area contributed by atoms with E-state index in [0.717, 1.165) is 31.4 Å². The number of aliphatic imine (C=N–C) groups is 1. The van der Waals surface area contributed by atoms with Crippen LogP contribution in [0.15, 0.2) is 45.9 Å². The first kappa shape index (κ1) is 25.4. The lowest BCUT2D eigenvalue weighted by Gasteiger charge is -2.30. The van der Waals surface area contributed by atoms with Gasteiger partial charge in [0.1, 0.15) is 5.76 Å². The van der Waals surface area contributed by atoms with Gasteiger partial charge in [0, 0.05) is 19.0 Å². The fraction of sp³-hybridized carbons (Fsp3) is 0.545. The standard InChI is InChI=1S/C22H35N5O.HI/c1-7-27(8-2)18(17-12-10-9-11-13-17)14-25-21(23-6)26-16-20-24-15-19(28-20)22(3,4)5;/h9-13,15,18H,7-8,14,16H2,1-6H3,(H2,23,25,26);1H. The van der Waals surface area contributed by atoms with Crippen LogP contribution in [-0.4, -0.2) is 42.5 Å². The first-order valence-electron chi connectivity index (χ1n) is 10.1. The van der Waals surface area contributed by atoms with Gasteiger partial charge in [-0.1, -0.05) is 65.0 Å². The van der Waals surface area contributed by atoms with Gasteiger partial charge in [-0.2, -0.15) is 0 Å². The molecule has 1 unspecified atom stereocenters. The monoisotopic (exact) mass is 513 g/mol. The summed E-state index contributed by atoms with van der Waals surface area (Å²) in [6.07, 6.45) is 1.80. The van der Waals surface area contributed by atoms with E-state index < -0.39 is 0 Å². The molecule has 6 nitrogen and oxygen atoms in total. The van der Waals surface area contributed by atoms with Gasteiger partial charge in [-0.05, 0) is 18.7 Å². The molecule has 162 valence electrons. The molecule has 2 aromatic rings. The van der Waals surface area contributed by atoms with Gasteiger partial charge in [-0.15, -0.1) is 24.0 Å². The van der Waals surface area contributed by atoms with Crippen molar-refractivity contribution in [2.75, 3.05) is 26.7 Å². The van der Waals surface area contributed by atoms with Gasteiger partial charge in [-0.25, -0.2) is 4.98 Å². The number of guanidine groups is 1. The minimum Gasteiger partial charge on any atom is -0.443 e. The van der Waals surface area contributed by atoms with Gasteiger partial charge in [0.25, 0.3) is 0 Å². The summed E-state index contributed by atoms with van der Waals surface area (Å²) in [6, 6.07) is 10.9. The Balaban J connectivity index is 0.00000420. The maximum Gasteiger partial charge on any atom is 0.213 e. The number of hydrogen-bond donors (Lipinski definition) is 2. The Bertz CT molecular complexity index is 735. The van der Waals surface area contributed by atoms with E-state index in [-0.39, 0.29) is 35.4 Å². The van der Waals surface area contributed by atoms with Crippen LogP contribution >= 0.6 is 24.0 Å². The Morgan fingerprint density at radius 3 is 2.31 bits per heavy atom. The van der Waals surface area contributed by atoms with Crippen molar-refractivity contribution in [2.45, 2.75) is 52.6 Å². The molecule has 29 heavy (non-hydrogen) atoms. The third kappa shape index (κ3) is 7.62. The maximum absolute atomic E-state index is 5.85. The Morgan fingerprint density at radius 2 is 1.79 bits per heavy atom. The summed E-state index contributed by atoms with van der Waals surface area (Å²) in [5.74, 6) is 2.29. The van der Waals surface area contributed by atoms with Crippen LogP contribution in [0, 0.1) is 0 Å². The largest absolute Gasteiger partial charge is 0.443 e. The van der Waals surface area contributed by atoms with Crippen molar-refractivity contribution in [1.82, 2.24) is 20.5 Å². The number of likely N-dealkylation sites (N-methyl/N-ethyl adjacent to an activating group) is 1. The molecule has 1 atom stereocenters. The first-order chi connectivity index (χ1) is 13.4. The molecule has 2 N–H and O–H groups in total. The number of nitrogens with one attached hydrogen (secondary N) is 2. The van der Waals surface area contributed by atoms with Crippen LogP contribution in [0.4, 0.5) is 0 Å². The van der Waals surface area contributed by atoms with Crippen LogP contribution in [0.1, 0.15) is 57.9 Å². The van der Waals surface area contributed by atoms with Crippen molar-refractivity contribution < 1.29 is 4.42 Å². The molecule has 0 amide bonds. The molecule has 0 radical (unpaired) electrons. The predicted molar refractivity (Wildman–Crippen MR) is 131 cm³/mol. The third-order valence-corrected chi connectivity index (χ3v) is 4.82. The second-order valence-corrected chi connectivity index (χ2v) is 7.82. The maximum atomic E-state index is 5.85. The second-order valence-electron chi connectivity index (χ2n) is 7.82. The van der Waals surface area contributed by atoms with E-state index >= 15 is 0 Å². The Morgan fingerprint density at radius 1 is 1.14 bits per heavy atom. The summed E-state index contributed by atoms with van der Waals surface area (Å²) >= 11 is 0.